The average Bonchev–Trinajstić information content (AvgIpc) is 1.65. The van der Waals surface area contributed by atoms with Gasteiger partial charge in [0, 0.05) is 0 Å². The van der Waals surface area contributed by atoms with Gasteiger partial charge in [-0.3, -0.25) is 0 Å². The highest BCUT2D eigenvalue weighted by Crippen LogP contribution is 2.05. The summed E-state index contributed by atoms with van der Waals surface area (Å²) in [6, 6.07) is 0. The number of hydrogen-bond acceptors (Lipinski definition) is 1. The van der Waals surface area contributed by atoms with Crippen molar-refractivity contribution in [3.8, 4) is 0 Å². The van der Waals surface area contributed by atoms with Gasteiger partial charge in [0.2, 0.25) is 0 Å². The van der Waals surface area contributed by atoms with Gasteiger partial charge < -0.3 is 5.11 Å². The van der Waals surface area contributed by atoms with Gasteiger partial charge >= 0.3 is 0 Å². The van der Waals surface area contributed by atoms with Crippen molar-refractivity contribution in [1.29, 1.82) is 0 Å². The minimum absolute atomic E-state index is 0.667. The van der Waals surface area contributed by atoms with Gasteiger partial charge in [-0.15, -0.1) is 11.6 Å². The van der Waals surface area contributed by atoms with Crippen LogP contribution in [0.3, 0.4) is 0 Å². The van der Waals surface area contributed by atoms with Crippen molar-refractivity contribution in [3.63, 3.8) is 0 Å². The van der Waals surface area contributed by atoms with Crippen molar-refractivity contribution in [2.24, 2.45) is 0 Å². The molecule has 0 rings (SSSR count). The Kier molecular flexibility index (Phi) is 3.21. The van der Waals surface area contributed by atoms with Crippen molar-refractivity contribution in [2.75, 3.05) is 6.61 Å². The highest BCUT2D eigenvalue weighted by atomic mass is 35.5. The first-order valence-corrected chi connectivity index (χ1v) is 2.15. The third-order valence-corrected chi connectivity index (χ3v) is 0.776. The summed E-state index contributed by atoms with van der Waals surface area (Å²) in [4.78, 5) is 0. The lowest BCUT2D eigenvalue weighted by Gasteiger charge is -1.99. The highest BCUT2D eigenvalue weighted by Gasteiger charge is 2.14. The topological polar surface area (TPSA) is 20.2 Å². The van der Waals surface area contributed by atoms with Crippen LogP contribution in [0.25, 0.3) is 0 Å². The Balaban J connectivity index is 3.14. The molecule has 0 heterocycles. The van der Waals surface area contributed by atoms with Crippen LogP contribution in [0.1, 0.15) is 0 Å². The molecule has 0 aliphatic rings. The van der Waals surface area contributed by atoms with E-state index in [1.165, 1.54) is 0 Å². The van der Waals surface area contributed by atoms with Gasteiger partial charge in [0.15, 0.2) is 0 Å². The van der Waals surface area contributed by atoms with Crippen LogP contribution in [0.2, 0.25) is 0 Å². The Morgan fingerprint density at radius 1 is 1.57 bits per heavy atom. The van der Waals surface area contributed by atoms with Crippen molar-refractivity contribution in [2.45, 2.75) is 11.8 Å². The van der Waals surface area contributed by atoms with Gasteiger partial charge in [-0.1, -0.05) is 0 Å². The van der Waals surface area contributed by atoms with Crippen LogP contribution >= 0.6 is 11.6 Å². The zero-order valence-electron chi connectivity index (χ0n) is 3.44. The first kappa shape index (κ1) is 7.11. The van der Waals surface area contributed by atoms with Gasteiger partial charge in [-0.25, -0.2) is 8.78 Å². The maximum absolute atomic E-state index is 11.1. The molecule has 44 valence electrons. The lowest BCUT2D eigenvalue weighted by molar-refractivity contribution is 0.113. The zero-order chi connectivity index (χ0) is 5.86. The maximum Gasteiger partial charge on any atom is 0.256 e. The van der Waals surface area contributed by atoms with E-state index in [2.05, 4.69) is 0 Å². The smallest absolute Gasteiger partial charge is 0.256 e. The number of alkyl halides is 3. The molecule has 0 aromatic carbocycles. The molecular formula is C3H5ClF2O. The van der Waals surface area contributed by atoms with Crippen molar-refractivity contribution in [1.82, 2.24) is 0 Å². The van der Waals surface area contributed by atoms with E-state index in [0.717, 1.165) is 0 Å². The summed E-state index contributed by atoms with van der Waals surface area (Å²) >= 11 is 4.80. The minimum Gasteiger partial charge on any atom is -0.395 e. The lowest BCUT2D eigenvalue weighted by Crippen LogP contribution is -2.14. The third-order valence-electron chi connectivity index (χ3n) is 0.448. The summed E-state index contributed by atoms with van der Waals surface area (Å²) in [6.45, 7) is -0.667. The molecule has 0 bridgehead atoms. The zero-order valence-corrected chi connectivity index (χ0v) is 4.20. The molecule has 0 fully saturated rings. The van der Waals surface area contributed by atoms with E-state index in [4.69, 9.17) is 16.7 Å². The number of rotatable bonds is 2. The fourth-order valence-electron chi connectivity index (χ4n) is 0.0797. The predicted octanol–water partition coefficient (Wildman–Crippen LogP) is 0.851. The second kappa shape index (κ2) is 3.16. The molecule has 0 saturated heterocycles. The van der Waals surface area contributed by atoms with Crippen molar-refractivity contribution >= 4 is 11.6 Å². The van der Waals surface area contributed by atoms with E-state index in [-0.39, 0.29) is 0 Å². The molecule has 0 aliphatic heterocycles. The van der Waals surface area contributed by atoms with E-state index >= 15 is 0 Å². The van der Waals surface area contributed by atoms with E-state index in [0.29, 0.717) is 0 Å². The van der Waals surface area contributed by atoms with Gasteiger partial charge in [-0.2, -0.15) is 0 Å². The maximum atomic E-state index is 11.1. The molecule has 1 nitrogen and oxygen atoms in total. The fourth-order valence-corrected chi connectivity index (χ4v) is 0.0797. The predicted molar refractivity (Wildman–Crippen MR) is 22.7 cm³/mol. The molecule has 0 saturated carbocycles. The lowest BCUT2D eigenvalue weighted by atomic mass is 10.5. The van der Waals surface area contributed by atoms with Crippen molar-refractivity contribution in [3.05, 3.63) is 0 Å². The number of aliphatic hydroxyl groups is 1. The second-order valence-electron chi connectivity index (χ2n) is 1.03. The number of aliphatic hydroxyl groups excluding tert-OH is 1. The van der Waals surface area contributed by atoms with E-state index in [1.807, 2.05) is 0 Å². The van der Waals surface area contributed by atoms with Crippen LogP contribution in [0.4, 0.5) is 8.78 Å². The molecule has 0 radical (unpaired) electrons. The summed E-state index contributed by atoms with van der Waals surface area (Å²) in [6.07, 6.45) is -2.62. The third kappa shape index (κ3) is 2.76. The molecule has 1 atom stereocenters. The van der Waals surface area contributed by atoms with E-state index < -0.39 is 18.4 Å². The molecular weight excluding hydrogens is 125 g/mol. The normalized spacial score (nSPS) is 15.0. The highest BCUT2D eigenvalue weighted by molar-refractivity contribution is 6.21. The molecule has 0 amide bonds. The van der Waals surface area contributed by atoms with Crippen LogP contribution in [0.5, 0.6) is 0 Å². The van der Waals surface area contributed by atoms with Crippen LogP contribution in [0.15, 0.2) is 0 Å². The Hall–Kier alpha value is 0.110. The van der Waals surface area contributed by atoms with Crippen LogP contribution in [-0.4, -0.2) is 23.5 Å². The summed E-state index contributed by atoms with van der Waals surface area (Å²) < 4.78 is 22.3. The molecule has 0 aromatic rings. The largest absolute Gasteiger partial charge is 0.395 e. The molecule has 1 N–H and O–H groups in total. The SMILES string of the molecule is OCC(Cl)C(F)F. The standard InChI is InChI=1S/C3H5ClF2O/c4-2(1-7)3(5)6/h2-3,7H,1H2. The number of hydrogen-bond donors (Lipinski definition) is 1. The van der Waals surface area contributed by atoms with Gasteiger partial charge in [0.25, 0.3) is 6.43 Å². The molecule has 0 spiro atoms. The van der Waals surface area contributed by atoms with Gasteiger partial charge in [-0.05, 0) is 0 Å². The number of halogens is 3. The minimum atomic E-state index is -2.62. The second-order valence-corrected chi connectivity index (χ2v) is 1.59. The Bertz CT molecular complexity index is 50.2. The fraction of sp³-hybridized carbons (Fsp3) is 1.00. The van der Waals surface area contributed by atoms with Gasteiger partial charge in [0.1, 0.15) is 5.38 Å². The molecule has 0 aromatic heterocycles. The summed E-state index contributed by atoms with van der Waals surface area (Å²) in [5, 5.41) is 6.49. The van der Waals surface area contributed by atoms with Crippen molar-refractivity contribution < 1.29 is 13.9 Å². The van der Waals surface area contributed by atoms with Crippen LogP contribution in [-0.2, 0) is 0 Å². The molecule has 4 heteroatoms. The summed E-state index contributed by atoms with van der Waals surface area (Å²) in [5.74, 6) is 0. The Morgan fingerprint density at radius 3 is 2.00 bits per heavy atom. The van der Waals surface area contributed by atoms with E-state index in [1.54, 1.807) is 0 Å². The summed E-state index contributed by atoms with van der Waals surface area (Å²) in [7, 11) is 0. The average molecular weight is 131 g/mol. The quantitative estimate of drug-likeness (QED) is 0.550. The molecule has 0 aliphatic carbocycles. The van der Waals surface area contributed by atoms with E-state index in [9.17, 15) is 8.78 Å². The Labute approximate surface area is 44.9 Å². The molecule has 1 unspecified atom stereocenters. The Morgan fingerprint density at radius 2 is 2.00 bits per heavy atom. The van der Waals surface area contributed by atoms with Gasteiger partial charge in [0.05, 0.1) is 6.61 Å². The first-order chi connectivity index (χ1) is 3.18. The molecule has 7 heavy (non-hydrogen) atoms. The van der Waals surface area contributed by atoms with Crippen LogP contribution < -0.4 is 0 Å². The summed E-state index contributed by atoms with van der Waals surface area (Å²) in [5.41, 5.74) is 0. The monoisotopic (exact) mass is 130 g/mol. The first-order valence-electron chi connectivity index (χ1n) is 1.71. The van der Waals surface area contributed by atoms with Crippen LogP contribution in [0, 0.1) is 0 Å².